The monoisotopic (exact) mass is 301 g/mol. The molecule has 3 N–H and O–H groups in total. The Morgan fingerprint density at radius 2 is 2.12 bits per heavy atom. The Morgan fingerprint density at radius 3 is 2.71 bits per heavy atom. The number of benzene rings is 1. The summed E-state index contributed by atoms with van der Waals surface area (Å²) in [6, 6.07) is 1.03. The van der Waals surface area contributed by atoms with E-state index in [4.69, 9.17) is 20.3 Å². The van der Waals surface area contributed by atoms with Crippen molar-refractivity contribution in [2.75, 3.05) is 19.8 Å². The molecule has 1 aliphatic rings. The Hall–Kier alpha value is -1.11. The molecule has 1 aliphatic heterocycles. The van der Waals surface area contributed by atoms with E-state index in [0.29, 0.717) is 46.6 Å². The Morgan fingerprint density at radius 1 is 1.47 bits per heavy atom. The van der Waals surface area contributed by atoms with Crippen molar-refractivity contribution in [2.45, 2.75) is 6.04 Å². The first-order valence-corrected chi connectivity index (χ1v) is 5.92. The van der Waals surface area contributed by atoms with Gasteiger partial charge in [-0.25, -0.2) is 0 Å². The molecule has 92 valence electrons. The molecular weight excluding hydrogens is 290 g/mol. The lowest BCUT2D eigenvalue weighted by atomic mass is 10.0. The Bertz CT molecular complexity index is 450. The lowest BCUT2D eigenvalue weighted by molar-refractivity contribution is 0.111. The number of rotatable bonds is 3. The van der Waals surface area contributed by atoms with E-state index in [0.717, 1.165) is 0 Å². The van der Waals surface area contributed by atoms with Crippen LogP contribution in [0.15, 0.2) is 10.5 Å². The summed E-state index contributed by atoms with van der Waals surface area (Å²) >= 11 is 3.32. The number of fused-ring (bicyclic) bond motifs is 1. The van der Waals surface area contributed by atoms with E-state index in [-0.39, 0.29) is 6.61 Å². The maximum atomic E-state index is 10.9. The molecule has 0 bridgehead atoms. The van der Waals surface area contributed by atoms with E-state index in [2.05, 4.69) is 15.9 Å². The molecule has 2 rings (SSSR count). The number of nitrogens with two attached hydrogens (primary N) is 1. The van der Waals surface area contributed by atoms with Gasteiger partial charge in [-0.2, -0.15) is 0 Å². The summed E-state index contributed by atoms with van der Waals surface area (Å²) in [4.78, 5) is 10.9. The van der Waals surface area contributed by atoms with E-state index >= 15 is 0 Å². The lowest BCUT2D eigenvalue weighted by Crippen LogP contribution is -2.22. The van der Waals surface area contributed by atoms with E-state index in [9.17, 15) is 4.79 Å². The first-order chi connectivity index (χ1) is 8.19. The molecule has 0 saturated carbocycles. The maximum Gasteiger partial charge on any atom is 0.172 e. The standard InChI is InChI=1S/C11H12BrNO4/c12-7-3-6(4-14)10-11(17-2-1-16-10)9(7)8(13)5-15/h3-4,8,15H,1-2,5,13H2. The van der Waals surface area contributed by atoms with Crippen LogP contribution in [0.4, 0.5) is 0 Å². The number of aldehydes is 1. The topological polar surface area (TPSA) is 81.8 Å². The number of ether oxygens (including phenoxy) is 2. The average Bonchev–Trinajstić information content (AvgIpc) is 2.37. The zero-order chi connectivity index (χ0) is 12.4. The second kappa shape index (κ2) is 5.03. The molecule has 1 unspecified atom stereocenters. The number of aliphatic hydroxyl groups excluding tert-OH is 1. The van der Waals surface area contributed by atoms with Crippen LogP contribution in [0, 0.1) is 0 Å². The van der Waals surface area contributed by atoms with Crippen molar-refractivity contribution < 1.29 is 19.4 Å². The summed E-state index contributed by atoms with van der Waals surface area (Å²) < 4.78 is 11.5. The molecule has 0 spiro atoms. The summed E-state index contributed by atoms with van der Waals surface area (Å²) in [7, 11) is 0. The number of halogens is 1. The Kier molecular flexibility index (Phi) is 3.66. The fraction of sp³-hybridized carbons (Fsp3) is 0.364. The van der Waals surface area contributed by atoms with Crippen LogP contribution in [0.3, 0.4) is 0 Å². The molecule has 17 heavy (non-hydrogen) atoms. The van der Waals surface area contributed by atoms with Crippen LogP contribution in [0.25, 0.3) is 0 Å². The molecule has 0 aliphatic carbocycles. The smallest absolute Gasteiger partial charge is 0.172 e. The minimum absolute atomic E-state index is 0.213. The number of hydrogen-bond donors (Lipinski definition) is 2. The first-order valence-electron chi connectivity index (χ1n) is 5.12. The van der Waals surface area contributed by atoms with Gasteiger partial charge in [0.05, 0.1) is 18.2 Å². The van der Waals surface area contributed by atoms with Crippen molar-refractivity contribution in [1.29, 1.82) is 0 Å². The van der Waals surface area contributed by atoms with E-state index in [1.165, 1.54) is 0 Å². The summed E-state index contributed by atoms with van der Waals surface area (Å²) in [5, 5.41) is 9.13. The second-order valence-corrected chi connectivity index (χ2v) is 4.48. The Labute approximate surface area is 107 Å². The third-order valence-corrected chi connectivity index (χ3v) is 3.18. The van der Waals surface area contributed by atoms with Gasteiger partial charge in [-0.3, -0.25) is 4.79 Å². The normalized spacial score (nSPS) is 15.5. The predicted molar refractivity (Wildman–Crippen MR) is 64.5 cm³/mol. The van der Waals surface area contributed by atoms with Gasteiger partial charge >= 0.3 is 0 Å². The summed E-state index contributed by atoms with van der Waals surface area (Å²) in [5.74, 6) is 0.836. The van der Waals surface area contributed by atoms with E-state index in [1.54, 1.807) is 6.07 Å². The average molecular weight is 302 g/mol. The fourth-order valence-electron chi connectivity index (χ4n) is 1.75. The summed E-state index contributed by atoms with van der Waals surface area (Å²) in [6.45, 7) is 0.574. The molecule has 1 aromatic rings. The molecule has 6 heteroatoms. The van der Waals surface area contributed by atoms with Crippen molar-refractivity contribution in [1.82, 2.24) is 0 Å². The highest BCUT2D eigenvalue weighted by Crippen LogP contribution is 2.43. The number of aliphatic hydroxyl groups is 1. The van der Waals surface area contributed by atoms with Crippen molar-refractivity contribution in [3.8, 4) is 11.5 Å². The van der Waals surface area contributed by atoms with Crippen LogP contribution in [-0.2, 0) is 0 Å². The third-order valence-electron chi connectivity index (χ3n) is 2.52. The molecule has 0 saturated heterocycles. The van der Waals surface area contributed by atoms with Crippen LogP contribution in [0.5, 0.6) is 11.5 Å². The highest BCUT2D eigenvalue weighted by atomic mass is 79.9. The summed E-state index contributed by atoms with van der Waals surface area (Å²) in [5.41, 5.74) is 6.83. The van der Waals surface area contributed by atoms with Gasteiger partial charge in [0.1, 0.15) is 13.2 Å². The lowest BCUT2D eigenvalue weighted by Gasteiger charge is -2.25. The summed E-state index contributed by atoms with van der Waals surface area (Å²) in [6.07, 6.45) is 0.701. The molecule has 0 radical (unpaired) electrons. The molecule has 1 atom stereocenters. The number of carbonyl (C=O) groups excluding carboxylic acids is 1. The highest BCUT2D eigenvalue weighted by Gasteiger charge is 2.25. The van der Waals surface area contributed by atoms with Gasteiger partial charge in [0.25, 0.3) is 0 Å². The van der Waals surface area contributed by atoms with Gasteiger partial charge in [-0.15, -0.1) is 0 Å². The van der Waals surface area contributed by atoms with Gasteiger partial charge in [-0.05, 0) is 6.07 Å². The van der Waals surface area contributed by atoms with Crippen molar-refractivity contribution in [2.24, 2.45) is 5.73 Å². The van der Waals surface area contributed by atoms with Crippen molar-refractivity contribution in [3.63, 3.8) is 0 Å². The van der Waals surface area contributed by atoms with Crippen LogP contribution < -0.4 is 15.2 Å². The zero-order valence-electron chi connectivity index (χ0n) is 8.98. The predicted octanol–water partition coefficient (Wildman–Crippen LogP) is 1.02. The second-order valence-electron chi connectivity index (χ2n) is 3.62. The van der Waals surface area contributed by atoms with E-state index < -0.39 is 6.04 Å². The minimum Gasteiger partial charge on any atom is -0.486 e. The number of hydrogen-bond acceptors (Lipinski definition) is 5. The first kappa shape index (κ1) is 12.3. The third kappa shape index (κ3) is 2.15. The SMILES string of the molecule is NC(CO)c1c(Br)cc(C=O)c2c1OCCO2. The van der Waals surface area contributed by atoms with Crippen LogP contribution >= 0.6 is 15.9 Å². The van der Waals surface area contributed by atoms with Crippen molar-refractivity contribution in [3.05, 3.63) is 21.7 Å². The molecule has 5 nitrogen and oxygen atoms in total. The highest BCUT2D eigenvalue weighted by molar-refractivity contribution is 9.10. The molecule has 1 aromatic carbocycles. The quantitative estimate of drug-likeness (QED) is 0.815. The molecule has 0 aromatic heterocycles. The Balaban J connectivity index is 2.63. The van der Waals surface area contributed by atoms with Gasteiger partial charge in [0.15, 0.2) is 17.8 Å². The minimum atomic E-state index is -0.583. The van der Waals surface area contributed by atoms with Crippen LogP contribution in [0.2, 0.25) is 0 Å². The largest absolute Gasteiger partial charge is 0.486 e. The van der Waals surface area contributed by atoms with Gasteiger partial charge in [0, 0.05) is 10.0 Å². The van der Waals surface area contributed by atoms with E-state index in [1.807, 2.05) is 0 Å². The maximum absolute atomic E-state index is 10.9. The molecule has 1 heterocycles. The number of carbonyl (C=O) groups is 1. The van der Waals surface area contributed by atoms with Crippen molar-refractivity contribution >= 4 is 22.2 Å². The van der Waals surface area contributed by atoms with Crippen LogP contribution in [-0.4, -0.2) is 31.2 Å². The van der Waals surface area contributed by atoms with Gasteiger partial charge in [-0.1, -0.05) is 15.9 Å². The fourth-order valence-corrected chi connectivity index (χ4v) is 2.47. The molecular formula is C11H12BrNO4. The molecule has 0 amide bonds. The van der Waals surface area contributed by atoms with Gasteiger partial charge in [0.2, 0.25) is 0 Å². The van der Waals surface area contributed by atoms with Crippen LogP contribution in [0.1, 0.15) is 22.0 Å². The van der Waals surface area contributed by atoms with Gasteiger partial charge < -0.3 is 20.3 Å². The molecule has 0 fully saturated rings. The zero-order valence-corrected chi connectivity index (χ0v) is 10.6.